The van der Waals surface area contributed by atoms with E-state index < -0.39 is 0 Å². The molecular formula is C15H25N3. The monoisotopic (exact) mass is 247 g/mol. The van der Waals surface area contributed by atoms with Crippen LogP contribution in [0.5, 0.6) is 0 Å². The van der Waals surface area contributed by atoms with Crippen LogP contribution in [-0.4, -0.2) is 22.6 Å². The van der Waals surface area contributed by atoms with Crippen LogP contribution in [0.3, 0.4) is 0 Å². The molecule has 0 amide bonds. The number of nitrogens with one attached hydrogen (secondary N) is 1. The van der Waals surface area contributed by atoms with Crippen molar-refractivity contribution in [1.29, 1.82) is 0 Å². The summed E-state index contributed by atoms with van der Waals surface area (Å²) >= 11 is 0. The van der Waals surface area contributed by atoms with Crippen molar-refractivity contribution in [3.63, 3.8) is 0 Å². The average Bonchev–Trinajstić information content (AvgIpc) is 2.83. The van der Waals surface area contributed by atoms with E-state index in [0.717, 1.165) is 11.8 Å². The Morgan fingerprint density at radius 2 is 1.78 bits per heavy atom. The number of piperidine rings is 1. The molecule has 100 valence electrons. The van der Waals surface area contributed by atoms with Gasteiger partial charge in [-0.05, 0) is 38.8 Å². The van der Waals surface area contributed by atoms with E-state index in [2.05, 4.69) is 16.9 Å². The molecule has 1 aromatic rings. The Labute approximate surface area is 110 Å². The van der Waals surface area contributed by atoms with Crippen LogP contribution in [0, 0.1) is 0 Å². The second kappa shape index (κ2) is 5.43. The minimum Gasteiger partial charge on any atom is -0.337 e. The van der Waals surface area contributed by atoms with Gasteiger partial charge in [-0.25, -0.2) is 4.98 Å². The molecule has 2 fully saturated rings. The smallest absolute Gasteiger partial charge is 0.0949 e. The quantitative estimate of drug-likeness (QED) is 0.871. The summed E-state index contributed by atoms with van der Waals surface area (Å²) in [7, 11) is 2.18. The highest BCUT2D eigenvalue weighted by molar-refractivity contribution is 5.23. The molecule has 3 rings (SSSR count). The molecule has 3 nitrogen and oxygen atoms in total. The SMILES string of the molecule is Cn1cnc(C2CCCCC2)c1C1CCNCC1. The van der Waals surface area contributed by atoms with Crippen LogP contribution < -0.4 is 5.32 Å². The molecule has 3 heteroatoms. The average molecular weight is 247 g/mol. The van der Waals surface area contributed by atoms with Crippen molar-refractivity contribution in [2.75, 3.05) is 13.1 Å². The van der Waals surface area contributed by atoms with Crippen molar-refractivity contribution in [3.8, 4) is 0 Å². The molecule has 0 unspecified atom stereocenters. The number of aryl methyl sites for hydroxylation is 1. The van der Waals surface area contributed by atoms with Crippen molar-refractivity contribution in [2.24, 2.45) is 7.05 Å². The second-order valence-electron chi connectivity index (χ2n) is 5.99. The van der Waals surface area contributed by atoms with Gasteiger partial charge in [-0.3, -0.25) is 0 Å². The normalized spacial score (nSPS) is 23.4. The third-order valence-electron chi connectivity index (χ3n) is 4.73. The molecule has 0 spiro atoms. The van der Waals surface area contributed by atoms with E-state index in [4.69, 9.17) is 4.98 Å². The molecule has 1 aliphatic carbocycles. The van der Waals surface area contributed by atoms with Crippen molar-refractivity contribution < 1.29 is 0 Å². The van der Waals surface area contributed by atoms with Crippen LogP contribution in [0.15, 0.2) is 6.33 Å². The van der Waals surface area contributed by atoms with Crippen molar-refractivity contribution >= 4 is 0 Å². The zero-order valence-corrected chi connectivity index (χ0v) is 11.5. The third kappa shape index (κ3) is 2.33. The maximum absolute atomic E-state index is 4.76. The Kier molecular flexibility index (Phi) is 3.69. The van der Waals surface area contributed by atoms with Gasteiger partial charge in [0.2, 0.25) is 0 Å². The van der Waals surface area contributed by atoms with E-state index in [0.29, 0.717) is 0 Å². The molecule has 2 aliphatic rings. The Hall–Kier alpha value is -0.830. The van der Waals surface area contributed by atoms with Crippen LogP contribution >= 0.6 is 0 Å². The predicted molar refractivity (Wildman–Crippen MR) is 73.9 cm³/mol. The maximum atomic E-state index is 4.76. The van der Waals surface area contributed by atoms with Gasteiger partial charge in [0.25, 0.3) is 0 Å². The first kappa shape index (κ1) is 12.2. The molecular weight excluding hydrogens is 222 g/mol. The zero-order chi connectivity index (χ0) is 12.4. The number of rotatable bonds is 2. The lowest BCUT2D eigenvalue weighted by molar-refractivity contribution is 0.414. The summed E-state index contributed by atoms with van der Waals surface area (Å²) in [5, 5.41) is 3.47. The lowest BCUT2D eigenvalue weighted by Gasteiger charge is -2.27. The lowest BCUT2D eigenvalue weighted by atomic mass is 9.83. The lowest BCUT2D eigenvalue weighted by Crippen LogP contribution is -2.28. The van der Waals surface area contributed by atoms with Gasteiger partial charge in [0.05, 0.1) is 12.0 Å². The molecule has 18 heavy (non-hydrogen) atoms. The summed E-state index contributed by atoms with van der Waals surface area (Å²) in [5.74, 6) is 1.47. The molecule has 1 N–H and O–H groups in total. The standard InChI is InChI=1S/C15H25N3/c1-18-11-17-14(12-5-3-2-4-6-12)15(18)13-7-9-16-10-8-13/h11-13,16H,2-10H2,1H3. The van der Waals surface area contributed by atoms with E-state index in [9.17, 15) is 0 Å². The molecule has 0 atom stereocenters. The molecule has 1 saturated carbocycles. The van der Waals surface area contributed by atoms with Crippen LogP contribution in [-0.2, 0) is 7.05 Å². The topological polar surface area (TPSA) is 29.9 Å². The Bertz CT molecular complexity index is 384. The minimum atomic E-state index is 0.732. The fraction of sp³-hybridized carbons (Fsp3) is 0.800. The van der Waals surface area contributed by atoms with Crippen molar-refractivity contribution in [2.45, 2.75) is 56.8 Å². The van der Waals surface area contributed by atoms with Gasteiger partial charge in [0, 0.05) is 24.6 Å². The number of aromatic nitrogens is 2. The summed E-state index contributed by atoms with van der Waals surface area (Å²) in [6.07, 6.45) is 11.5. The molecule has 0 aromatic carbocycles. The first-order valence-electron chi connectivity index (χ1n) is 7.58. The number of hydrogen-bond acceptors (Lipinski definition) is 2. The van der Waals surface area contributed by atoms with E-state index in [1.54, 1.807) is 5.69 Å². The third-order valence-corrected chi connectivity index (χ3v) is 4.73. The summed E-state index contributed by atoms with van der Waals surface area (Å²) in [6, 6.07) is 0. The molecule has 0 bridgehead atoms. The summed E-state index contributed by atoms with van der Waals surface area (Å²) in [6.45, 7) is 2.33. The second-order valence-corrected chi connectivity index (χ2v) is 5.99. The number of hydrogen-bond donors (Lipinski definition) is 1. The summed E-state index contributed by atoms with van der Waals surface area (Å²) in [4.78, 5) is 4.76. The van der Waals surface area contributed by atoms with E-state index in [1.807, 2.05) is 6.33 Å². The van der Waals surface area contributed by atoms with E-state index in [-0.39, 0.29) is 0 Å². The fourth-order valence-corrected chi connectivity index (χ4v) is 3.74. The fourth-order valence-electron chi connectivity index (χ4n) is 3.74. The summed E-state index contributed by atoms with van der Waals surface area (Å²) in [5.41, 5.74) is 2.98. The number of nitrogens with zero attached hydrogens (tertiary/aromatic N) is 2. The van der Waals surface area contributed by atoms with Gasteiger partial charge < -0.3 is 9.88 Å². The summed E-state index contributed by atoms with van der Waals surface area (Å²) < 4.78 is 2.29. The Morgan fingerprint density at radius 1 is 1.06 bits per heavy atom. The Balaban J connectivity index is 1.85. The van der Waals surface area contributed by atoms with Gasteiger partial charge in [0.1, 0.15) is 0 Å². The van der Waals surface area contributed by atoms with Crippen LogP contribution in [0.4, 0.5) is 0 Å². The highest BCUT2D eigenvalue weighted by atomic mass is 15.0. The Morgan fingerprint density at radius 3 is 2.50 bits per heavy atom. The molecule has 1 aliphatic heterocycles. The van der Waals surface area contributed by atoms with Crippen LogP contribution in [0.2, 0.25) is 0 Å². The first-order valence-corrected chi connectivity index (χ1v) is 7.58. The first-order chi connectivity index (χ1) is 8.86. The largest absolute Gasteiger partial charge is 0.337 e. The van der Waals surface area contributed by atoms with Gasteiger partial charge >= 0.3 is 0 Å². The van der Waals surface area contributed by atoms with Gasteiger partial charge in [-0.2, -0.15) is 0 Å². The van der Waals surface area contributed by atoms with Crippen molar-refractivity contribution in [1.82, 2.24) is 14.9 Å². The predicted octanol–water partition coefficient (Wildman–Crippen LogP) is 2.93. The zero-order valence-electron chi connectivity index (χ0n) is 11.5. The maximum Gasteiger partial charge on any atom is 0.0949 e. The highest BCUT2D eigenvalue weighted by Gasteiger charge is 2.27. The number of imidazole rings is 1. The van der Waals surface area contributed by atoms with Crippen LogP contribution in [0.25, 0.3) is 0 Å². The van der Waals surface area contributed by atoms with Crippen molar-refractivity contribution in [3.05, 3.63) is 17.7 Å². The molecule has 0 radical (unpaired) electrons. The molecule has 1 aromatic heterocycles. The molecule has 1 saturated heterocycles. The van der Waals surface area contributed by atoms with E-state index >= 15 is 0 Å². The molecule has 2 heterocycles. The van der Waals surface area contributed by atoms with E-state index in [1.165, 1.54) is 63.7 Å². The van der Waals surface area contributed by atoms with Crippen LogP contribution in [0.1, 0.15) is 68.2 Å². The van der Waals surface area contributed by atoms with Gasteiger partial charge in [-0.15, -0.1) is 0 Å². The minimum absolute atomic E-state index is 0.732. The van der Waals surface area contributed by atoms with Gasteiger partial charge in [0.15, 0.2) is 0 Å². The highest BCUT2D eigenvalue weighted by Crippen LogP contribution is 2.37. The van der Waals surface area contributed by atoms with Gasteiger partial charge in [-0.1, -0.05) is 19.3 Å².